The Balaban J connectivity index is 2.62. The minimum atomic E-state index is -3.67. The summed E-state index contributed by atoms with van der Waals surface area (Å²) in [5, 5.41) is 8.57. The van der Waals surface area contributed by atoms with Gasteiger partial charge in [0.15, 0.2) is 0 Å². The van der Waals surface area contributed by atoms with Crippen LogP contribution in [-0.2, 0) is 21.4 Å². The van der Waals surface area contributed by atoms with Crippen LogP contribution in [0.4, 0.5) is 0 Å². The lowest BCUT2D eigenvalue weighted by molar-refractivity contribution is 0.0799. The Morgan fingerprint density at radius 2 is 2.24 bits per heavy atom. The van der Waals surface area contributed by atoms with E-state index in [9.17, 15) is 8.42 Å². The predicted molar refractivity (Wildman–Crippen MR) is 60.9 cm³/mol. The smallest absolute Gasteiger partial charge is 0.274 e. The minimum absolute atomic E-state index is 0.172. The maximum atomic E-state index is 11.7. The van der Waals surface area contributed by atoms with Crippen molar-refractivity contribution in [3.8, 4) is 0 Å². The zero-order valence-corrected chi connectivity index (χ0v) is 10.7. The van der Waals surface area contributed by atoms with Crippen LogP contribution >= 0.6 is 0 Å². The van der Waals surface area contributed by atoms with Crippen LogP contribution in [0.1, 0.15) is 19.6 Å². The van der Waals surface area contributed by atoms with E-state index in [2.05, 4.69) is 4.72 Å². The van der Waals surface area contributed by atoms with Gasteiger partial charge in [-0.15, -0.1) is 0 Å². The summed E-state index contributed by atoms with van der Waals surface area (Å²) in [6, 6.07) is 2.72. The van der Waals surface area contributed by atoms with Gasteiger partial charge in [0, 0.05) is 13.2 Å². The molecule has 0 spiro atoms. The second-order valence-electron chi connectivity index (χ2n) is 3.50. The van der Waals surface area contributed by atoms with E-state index in [0.717, 1.165) is 0 Å². The Hall–Kier alpha value is -0.890. The van der Waals surface area contributed by atoms with Crippen LogP contribution in [-0.4, -0.2) is 32.8 Å². The van der Waals surface area contributed by atoms with Crippen molar-refractivity contribution in [1.82, 2.24) is 4.72 Å². The predicted octanol–water partition coefficient (Wildman–Crippen LogP) is 0.475. The van der Waals surface area contributed by atoms with Gasteiger partial charge < -0.3 is 14.3 Å². The summed E-state index contributed by atoms with van der Waals surface area (Å²) >= 11 is 0. The average Bonchev–Trinajstić information content (AvgIpc) is 2.76. The summed E-state index contributed by atoms with van der Waals surface area (Å²) in [4.78, 5) is 0. The van der Waals surface area contributed by atoms with Crippen LogP contribution in [0.25, 0.3) is 0 Å². The molecule has 0 amide bonds. The Morgan fingerprint density at radius 1 is 1.53 bits per heavy atom. The molecule has 0 bridgehead atoms. The SMILES string of the molecule is CCOC(C)CNS(=O)(=O)c1ccc(CO)o1. The molecule has 6 nitrogen and oxygen atoms in total. The van der Waals surface area contributed by atoms with Gasteiger partial charge in [0.05, 0.1) is 6.10 Å². The van der Waals surface area contributed by atoms with Crippen LogP contribution < -0.4 is 4.72 Å². The number of sulfonamides is 1. The fraction of sp³-hybridized carbons (Fsp3) is 0.600. The van der Waals surface area contributed by atoms with Crippen molar-refractivity contribution < 1.29 is 22.7 Å². The number of aliphatic hydroxyl groups is 1. The highest BCUT2D eigenvalue weighted by Crippen LogP contribution is 2.13. The van der Waals surface area contributed by atoms with E-state index in [-0.39, 0.29) is 30.1 Å². The topological polar surface area (TPSA) is 88.8 Å². The lowest BCUT2D eigenvalue weighted by Gasteiger charge is -2.11. The molecule has 7 heteroatoms. The molecule has 0 aliphatic rings. The number of aliphatic hydroxyl groups excluding tert-OH is 1. The first-order valence-electron chi connectivity index (χ1n) is 5.30. The molecule has 0 radical (unpaired) electrons. The molecule has 2 N–H and O–H groups in total. The van der Waals surface area contributed by atoms with E-state index >= 15 is 0 Å². The molecule has 1 unspecified atom stereocenters. The van der Waals surface area contributed by atoms with Crippen molar-refractivity contribution >= 4 is 10.0 Å². The van der Waals surface area contributed by atoms with Crippen molar-refractivity contribution in [3.63, 3.8) is 0 Å². The molecule has 0 aliphatic carbocycles. The lowest BCUT2D eigenvalue weighted by atomic mass is 10.4. The van der Waals surface area contributed by atoms with Gasteiger partial charge in [-0.3, -0.25) is 0 Å². The van der Waals surface area contributed by atoms with Gasteiger partial charge >= 0.3 is 0 Å². The maximum Gasteiger partial charge on any atom is 0.274 e. The van der Waals surface area contributed by atoms with E-state index in [4.69, 9.17) is 14.3 Å². The minimum Gasteiger partial charge on any atom is -0.446 e. The summed E-state index contributed by atoms with van der Waals surface area (Å²) in [6.07, 6.45) is -0.206. The van der Waals surface area contributed by atoms with Crippen LogP contribution in [0.5, 0.6) is 0 Å². The Morgan fingerprint density at radius 3 is 2.76 bits per heavy atom. The molecule has 1 atom stereocenters. The summed E-state index contributed by atoms with van der Waals surface area (Å²) in [5.41, 5.74) is 0. The summed E-state index contributed by atoms with van der Waals surface area (Å²) in [5.74, 6) is 0.211. The zero-order valence-electron chi connectivity index (χ0n) is 9.84. The summed E-state index contributed by atoms with van der Waals surface area (Å²) in [6.45, 7) is 3.98. The van der Waals surface area contributed by atoms with Crippen molar-refractivity contribution in [2.24, 2.45) is 0 Å². The Kier molecular flexibility index (Phi) is 5.13. The van der Waals surface area contributed by atoms with Crippen molar-refractivity contribution in [3.05, 3.63) is 17.9 Å². The first-order valence-corrected chi connectivity index (χ1v) is 6.78. The van der Waals surface area contributed by atoms with Gasteiger partial charge in [-0.1, -0.05) is 0 Å². The number of hydrogen-bond donors (Lipinski definition) is 2. The third-order valence-corrected chi connectivity index (χ3v) is 3.37. The molecule has 0 saturated heterocycles. The highest BCUT2D eigenvalue weighted by molar-refractivity contribution is 7.89. The third kappa shape index (κ3) is 4.12. The fourth-order valence-corrected chi connectivity index (χ4v) is 2.29. The van der Waals surface area contributed by atoms with Gasteiger partial charge in [0.25, 0.3) is 10.0 Å². The molecule has 0 saturated carbocycles. The standard InChI is InChI=1S/C10H17NO5S/c1-3-15-8(2)6-11-17(13,14)10-5-4-9(7-12)16-10/h4-5,8,11-12H,3,6-7H2,1-2H3. The molecular formula is C10H17NO5S. The number of rotatable bonds is 7. The number of hydrogen-bond acceptors (Lipinski definition) is 5. The van der Waals surface area contributed by atoms with Crippen molar-refractivity contribution in [2.45, 2.75) is 31.7 Å². The zero-order chi connectivity index (χ0) is 12.9. The van der Waals surface area contributed by atoms with Crippen LogP contribution in [0.15, 0.2) is 21.6 Å². The molecule has 98 valence electrons. The van der Waals surface area contributed by atoms with Crippen LogP contribution in [0.3, 0.4) is 0 Å². The second kappa shape index (κ2) is 6.15. The van der Waals surface area contributed by atoms with E-state index in [1.807, 2.05) is 6.92 Å². The Bertz CT molecular complexity index is 439. The Labute approximate surface area is 101 Å². The quantitative estimate of drug-likeness (QED) is 0.746. The average molecular weight is 263 g/mol. The van der Waals surface area contributed by atoms with Gasteiger partial charge in [0.2, 0.25) is 5.09 Å². The van der Waals surface area contributed by atoms with E-state index in [1.165, 1.54) is 12.1 Å². The fourth-order valence-electron chi connectivity index (χ4n) is 1.23. The molecule has 0 aromatic carbocycles. The number of ether oxygens (including phenoxy) is 1. The molecule has 17 heavy (non-hydrogen) atoms. The first-order chi connectivity index (χ1) is 7.99. The van der Waals surface area contributed by atoms with E-state index < -0.39 is 10.0 Å². The number of furan rings is 1. The highest BCUT2D eigenvalue weighted by Gasteiger charge is 2.19. The molecule has 1 rings (SSSR count). The van der Waals surface area contributed by atoms with Crippen LogP contribution in [0, 0.1) is 0 Å². The maximum absolute atomic E-state index is 11.7. The largest absolute Gasteiger partial charge is 0.446 e. The van der Waals surface area contributed by atoms with E-state index in [1.54, 1.807) is 6.92 Å². The summed E-state index contributed by atoms with van der Waals surface area (Å²) < 4.78 is 36.0. The van der Waals surface area contributed by atoms with Gasteiger partial charge in [-0.25, -0.2) is 13.1 Å². The molecule has 0 aliphatic heterocycles. The molecule has 0 fully saturated rings. The molecule has 1 aromatic rings. The normalized spacial score (nSPS) is 13.8. The molecule has 1 heterocycles. The van der Waals surface area contributed by atoms with Crippen molar-refractivity contribution in [1.29, 1.82) is 0 Å². The third-order valence-electron chi connectivity index (χ3n) is 2.07. The number of nitrogens with one attached hydrogen (secondary N) is 1. The van der Waals surface area contributed by atoms with Gasteiger partial charge in [-0.05, 0) is 26.0 Å². The second-order valence-corrected chi connectivity index (χ2v) is 5.19. The first kappa shape index (κ1) is 14.2. The molecule has 1 aromatic heterocycles. The monoisotopic (exact) mass is 263 g/mol. The van der Waals surface area contributed by atoms with E-state index in [0.29, 0.717) is 6.61 Å². The van der Waals surface area contributed by atoms with Gasteiger partial charge in [-0.2, -0.15) is 0 Å². The van der Waals surface area contributed by atoms with Gasteiger partial charge in [0.1, 0.15) is 12.4 Å². The lowest BCUT2D eigenvalue weighted by Crippen LogP contribution is -2.32. The van der Waals surface area contributed by atoms with Crippen LogP contribution in [0.2, 0.25) is 0 Å². The highest BCUT2D eigenvalue weighted by atomic mass is 32.2. The molecular weight excluding hydrogens is 246 g/mol. The summed E-state index contributed by atoms with van der Waals surface area (Å²) in [7, 11) is -3.67. The van der Waals surface area contributed by atoms with Crippen molar-refractivity contribution in [2.75, 3.05) is 13.2 Å².